The molecular formula is C13H22N4O2S. The van der Waals surface area contributed by atoms with Crippen molar-refractivity contribution in [3.8, 4) is 0 Å². The molecule has 2 unspecified atom stereocenters. The molecular weight excluding hydrogens is 276 g/mol. The summed E-state index contributed by atoms with van der Waals surface area (Å²) in [5, 5.41) is 3.70. The highest BCUT2D eigenvalue weighted by atomic mass is 32.2. The van der Waals surface area contributed by atoms with Crippen LogP contribution in [0.15, 0.2) is 17.6 Å². The SMILES string of the molecule is CCn1cnc(S(=O)(=O)N(C)C2CC3CCC(C2)N3)c1. The van der Waals surface area contributed by atoms with E-state index in [-0.39, 0.29) is 11.1 Å². The Morgan fingerprint density at radius 2 is 2.05 bits per heavy atom. The van der Waals surface area contributed by atoms with Gasteiger partial charge in [-0.1, -0.05) is 0 Å². The first-order valence-electron chi connectivity index (χ1n) is 7.26. The third-order valence-corrected chi connectivity index (χ3v) is 6.38. The molecule has 2 aliphatic rings. The largest absolute Gasteiger partial charge is 0.336 e. The molecule has 0 amide bonds. The van der Waals surface area contributed by atoms with Crippen molar-refractivity contribution in [3.05, 3.63) is 12.5 Å². The Hall–Kier alpha value is -0.920. The molecule has 7 heteroatoms. The second kappa shape index (κ2) is 5.13. The van der Waals surface area contributed by atoms with Gasteiger partial charge in [-0.2, -0.15) is 4.31 Å². The predicted molar refractivity (Wildman–Crippen MR) is 75.8 cm³/mol. The quantitative estimate of drug-likeness (QED) is 0.893. The molecule has 1 aromatic rings. The van der Waals surface area contributed by atoms with Gasteiger partial charge < -0.3 is 9.88 Å². The summed E-state index contributed by atoms with van der Waals surface area (Å²) >= 11 is 0. The molecule has 0 saturated carbocycles. The van der Waals surface area contributed by atoms with Crippen LogP contribution in [-0.2, 0) is 16.6 Å². The van der Waals surface area contributed by atoms with Gasteiger partial charge in [0.05, 0.1) is 6.33 Å². The summed E-state index contributed by atoms with van der Waals surface area (Å²) in [6.07, 6.45) is 7.33. The molecule has 2 bridgehead atoms. The van der Waals surface area contributed by atoms with E-state index in [2.05, 4.69) is 10.3 Å². The third kappa shape index (κ3) is 2.38. The van der Waals surface area contributed by atoms with Gasteiger partial charge in [-0.05, 0) is 32.6 Å². The molecule has 112 valence electrons. The number of imidazole rings is 1. The van der Waals surface area contributed by atoms with Gasteiger partial charge in [0, 0.05) is 37.9 Å². The van der Waals surface area contributed by atoms with Gasteiger partial charge in [-0.25, -0.2) is 13.4 Å². The molecule has 2 aliphatic heterocycles. The van der Waals surface area contributed by atoms with Crippen molar-refractivity contribution >= 4 is 10.0 Å². The van der Waals surface area contributed by atoms with Crippen LogP contribution in [0.25, 0.3) is 0 Å². The smallest absolute Gasteiger partial charge is 0.262 e. The Morgan fingerprint density at radius 3 is 2.60 bits per heavy atom. The van der Waals surface area contributed by atoms with Gasteiger partial charge >= 0.3 is 0 Å². The zero-order chi connectivity index (χ0) is 14.3. The van der Waals surface area contributed by atoms with Gasteiger partial charge in [0.15, 0.2) is 5.03 Å². The summed E-state index contributed by atoms with van der Waals surface area (Å²) in [7, 11) is -1.78. The highest BCUT2D eigenvalue weighted by molar-refractivity contribution is 7.89. The molecule has 1 aromatic heterocycles. The van der Waals surface area contributed by atoms with Gasteiger partial charge in [0.1, 0.15) is 0 Å². The van der Waals surface area contributed by atoms with Crippen molar-refractivity contribution in [2.75, 3.05) is 7.05 Å². The maximum absolute atomic E-state index is 12.6. The van der Waals surface area contributed by atoms with Crippen molar-refractivity contribution in [2.45, 2.75) is 62.3 Å². The maximum atomic E-state index is 12.6. The van der Waals surface area contributed by atoms with Gasteiger partial charge in [0.25, 0.3) is 10.0 Å². The first-order chi connectivity index (χ1) is 9.50. The van der Waals surface area contributed by atoms with Crippen LogP contribution in [0.3, 0.4) is 0 Å². The number of piperidine rings is 1. The Kier molecular flexibility index (Phi) is 3.60. The van der Waals surface area contributed by atoms with E-state index in [1.165, 1.54) is 17.1 Å². The molecule has 1 N–H and O–H groups in total. The second-order valence-corrected chi connectivity index (χ2v) is 7.77. The van der Waals surface area contributed by atoms with Crippen molar-refractivity contribution < 1.29 is 8.42 Å². The first kappa shape index (κ1) is 14.0. The number of aromatic nitrogens is 2. The molecule has 3 heterocycles. The Labute approximate surface area is 120 Å². The number of rotatable bonds is 4. The van der Waals surface area contributed by atoms with E-state index < -0.39 is 10.0 Å². The van der Waals surface area contributed by atoms with Gasteiger partial charge in [-0.3, -0.25) is 0 Å². The van der Waals surface area contributed by atoms with Crippen molar-refractivity contribution in [1.29, 1.82) is 0 Å². The minimum absolute atomic E-state index is 0.0885. The molecule has 0 spiro atoms. The number of hydrogen-bond acceptors (Lipinski definition) is 4. The first-order valence-corrected chi connectivity index (χ1v) is 8.70. The summed E-state index contributed by atoms with van der Waals surface area (Å²) < 4.78 is 28.6. The minimum atomic E-state index is -3.47. The number of fused-ring (bicyclic) bond motifs is 2. The number of sulfonamides is 1. The predicted octanol–water partition coefficient (Wildman–Crippen LogP) is 0.806. The number of nitrogens with one attached hydrogen (secondary N) is 1. The van der Waals surface area contributed by atoms with E-state index in [0.717, 1.165) is 19.4 Å². The zero-order valence-electron chi connectivity index (χ0n) is 12.0. The normalized spacial score (nSPS) is 30.1. The van der Waals surface area contributed by atoms with E-state index in [0.29, 0.717) is 12.1 Å². The van der Waals surface area contributed by atoms with E-state index in [1.807, 2.05) is 6.92 Å². The maximum Gasteiger partial charge on any atom is 0.262 e. The fraction of sp³-hybridized carbons (Fsp3) is 0.769. The summed E-state index contributed by atoms with van der Waals surface area (Å²) in [5.74, 6) is 0. The van der Waals surface area contributed by atoms with Crippen LogP contribution in [0.2, 0.25) is 0 Å². The van der Waals surface area contributed by atoms with Crippen LogP contribution in [-0.4, -0.2) is 47.4 Å². The van der Waals surface area contributed by atoms with Crippen LogP contribution in [0.4, 0.5) is 0 Å². The Balaban J connectivity index is 1.80. The zero-order valence-corrected chi connectivity index (χ0v) is 12.8. The molecule has 3 rings (SSSR count). The lowest BCUT2D eigenvalue weighted by Crippen LogP contribution is -2.48. The second-order valence-electron chi connectivity index (χ2n) is 5.83. The summed E-state index contributed by atoms with van der Waals surface area (Å²) in [5.41, 5.74) is 0. The lowest BCUT2D eigenvalue weighted by Gasteiger charge is -2.34. The van der Waals surface area contributed by atoms with Crippen LogP contribution < -0.4 is 5.32 Å². The molecule has 0 radical (unpaired) electrons. The van der Waals surface area contributed by atoms with Gasteiger partial charge in [0.2, 0.25) is 0 Å². The fourth-order valence-corrected chi connectivity index (χ4v) is 4.62. The Morgan fingerprint density at radius 1 is 1.40 bits per heavy atom. The highest BCUT2D eigenvalue weighted by Gasteiger charge is 2.39. The van der Waals surface area contributed by atoms with Crippen molar-refractivity contribution in [2.24, 2.45) is 0 Å². The summed E-state index contributed by atoms with van der Waals surface area (Å²) in [4.78, 5) is 4.05. The van der Waals surface area contributed by atoms with E-state index in [4.69, 9.17) is 0 Å². The van der Waals surface area contributed by atoms with E-state index in [1.54, 1.807) is 24.1 Å². The molecule has 6 nitrogen and oxygen atoms in total. The van der Waals surface area contributed by atoms with Gasteiger partial charge in [-0.15, -0.1) is 0 Å². The molecule has 2 atom stereocenters. The number of nitrogens with zero attached hydrogens (tertiary/aromatic N) is 3. The lowest BCUT2D eigenvalue weighted by atomic mass is 10.0. The third-order valence-electron chi connectivity index (χ3n) is 4.58. The number of hydrogen-bond donors (Lipinski definition) is 1. The molecule has 2 fully saturated rings. The summed E-state index contributed by atoms with van der Waals surface area (Å²) in [6.45, 7) is 2.69. The van der Waals surface area contributed by atoms with Crippen LogP contribution >= 0.6 is 0 Å². The van der Waals surface area contributed by atoms with Crippen LogP contribution in [0.1, 0.15) is 32.6 Å². The van der Waals surface area contributed by atoms with Crippen LogP contribution in [0, 0.1) is 0 Å². The number of aryl methyl sites for hydroxylation is 1. The standard InChI is InChI=1S/C13H22N4O2S/c1-3-17-8-13(14-9-17)20(18,19)16(2)12-6-10-4-5-11(7-12)15-10/h8-12,15H,3-7H2,1-2H3. The molecule has 0 aliphatic carbocycles. The average Bonchev–Trinajstić information content (AvgIpc) is 3.04. The molecule has 0 aromatic carbocycles. The minimum Gasteiger partial charge on any atom is -0.336 e. The van der Waals surface area contributed by atoms with Crippen molar-refractivity contribution in [1.82, 2.24) is 19.2 Å². The topological polar surface area (TPSA) is 67.2 Å². The summed E-state index contributed by atoms with van der Waals surface area (Å²) in [6, 6.07) is 1.04. The fourth-order valence-electron chi connectivity index (χ4n) is 3.31. The monoisotopic (exact) mass is 298 g/mol. The molecule has 20 heavy (non-hydrogen) atoms. The molecule has 2 saturated heterocycles. The lowest BCUT2D eigenvalue weighted by molar-refractivity contribution is 0.251. The Bertz CT molecular complexity index is 571. The van der Waals surface area contributed by atoms with Crippen LogP contribution in [0.5, 0.6) is 0 Å². The highest BCUT2D eigenvalue weighted by Crippen LogP contribution is 2.31. The van der Waals surface area contributed by atoms with E-state index >= 15 is 0 Å². The van der Waals surface area contributed by atoms with E-state index in [9.17, 15) is 8.42 Å². The average molecular weight is 298 g/mol. The van der Waals surface area contributed by atoms with Crippen molar-refractivity contribution in [3.63, 3.8) is 0 Å².